The molecule has 1 atom stereocenters. The number of amides is 1. The molecule has 2 heterocycles. The van der Waals surface area contributed by atoms with Crippen LogP contribution in [-0.2, 0) is 9.53 Å². The summed E-state index contributed by atoms with van der Waals surface area (Å²) in [5, 5.41) is 0. The van der Waals surface area contributed by atoms with Crippen molar-refractivity contribution in [1.82, 2.24) is 9.80 Å². The zero-order chi connectivity index (χ0) is 14.0. The van der Waals surface area contributed by atoms with Crippen molar-refractivity contribution in [1.29, 1.82) is 0 Å². The Morgan fingerprint density at radius 1 is 1.11 bits per heavy atom. The summed E-state index contributed by atoms with van der Waals surface area (Å²) in [6.07, 6.45) is 3.78. The molecule has 0 aliphatic carbocycles. The summed E-state index contributed by atoms with van der Waals surface area (Å²) in [5.74, 6) is 0.294. The Kier molecular flexibility index (Phi) is 4.51. The van der Waals surface area contributed by atoms with E-state index >= 15 is 0 Å². The first kappa shape index (κ1) is 14.8. The van der Waals surface area contributed by atoms with Crippen molar-refractivity contribution in [2.45, 2.75) is 52.2 Å². The number of nitrogens with zero attached hydrogens (tertiary/aromatic N) is 2. The highest BCUT2D eigenvalue weighted by atomic mass is 16.5. The zero-order valence-electron chi connectivity index (χ0n) is 12.8. The molecule has 0 aromatic rings. The smallest absolute Gasteiger partial charge is 0.227 e. The predicted octanol–water partition coefficient (Wildman–Crippen LogP) is 1.74. The lowest BCUT2D eigenvalue weighted by atomic mass is 9.92. The number of hydrogen-bond acceptors (Lipinski definition) is 3. The highest BCUT2D eigenvalue weighted by Gasteiger charge is 2.34. The molecule has 0 radical (unpaired) electrons. The SMILES string of the molecule is CO[C@H]1CCN(C2CCN(C(=O)C(C)(C)C)CC2)C1. The van der Waals surface area contributed by atoms with Gasteiger partial charge in [0.2, 0.25) is 5.91 Å². The van der Waals surface area contributed by atoms with Gasteiger partial charge < -0.3 is 9.64 Å². The van der Waals surface area contributed by atoms with Crippen LogP contribution in [0, 0.1) is 5.41 Å². The number of piperidine rings is 1. The molecule has 0 saturated carbocycles. The summed E-state index contributed by atoms with van der Waals surface area (Å²) < 4.78 is 5.43. The van der Waals surface area contributed by atoms with Crippen molar-refractivity contribution in [2.75, 3.05) is 33.3 Å². The first-order valence-electron chi connectivity index (χ1n) is 7.48. The molecule has 0 N–H and O–H groups in total. The number of carbonyl (C=O) groups is 1. The molecule has 0 aromatic carbocycles. The van der Waals surface area contributed by atoms with Gasteiger partial charge in [0.05, 0.1) is 6.10 Å². The minimum Gasteiger partial charge on any atom is -0.380 e. The normalized spacial score (nSPS) is 26.9. The molecule has 2 saturated heterocycles. The van der Waals surface area contributed by atoms with Crippen LogP contribution in [0.3, 0.4) is 0 Å². The van der Waals surface area contributed by atoms with Gasteiger partial charge in [-0.1, -0.05) is 20.8 Å². The average Bonchev–Trinajstić information content (AvgIpc) is 2.86. The van der Waals surface area contributed by atoms with Gasteiger partial charge in [-0.15, -0.1) is 0 Å². The third kappa shape index (κ3) is 3.48. The van der Waals surface area contributed by atoms with Crippen LogP contribution in [-0.4, -0.2) is 61.1 Å². The topological polar surface area (TPSA) is 32.8 Å². The fourth-order valence-electron chi connectivity index (χ4n) is 3.19. The molecule has 0 bridgehead atoms. The van der Waals surface area contributed by atoms with E-state index in [9.17, 15) is 4.79 Å². The molecule has 19 heavy (non-hydrogen) atoms. The van der Waals surface area contributed by atoms with Gasteiger partial charge in [0.15, 0.2) is 0 Å². The van der Waals surface area contributed by atoms with Gasteiger partial charge in [-0.05, 0) is 19.3 Å². The van der Waals surface area contributed by atoms with E-state index in [2.05, 4.69) is 4.90 Å². The number of methoxy groups -OCH3 is 1. The largest absolute Gasteiger partial charge is 0.380 e. The Morgan fingerprint density at radius 3 is 2.21 bits per heavy atom. The van der Waals surface area contributed by atoms with E-state index in [1.54, 1.807) is 7.11 Å². The maximum Gasteiger partial charge on any atom is 0.227 e. The standard InChI is InChI=1S/C15H28N2O2/c1-15(2,3)14(18)16-8-5-12(6-9-16)17-10-7-13(11-17)19-4/h12-13H,5-11H2,1-4H3/t13-/m0/s1. The van der Waals surface area contributed by atoms with Gasteiger partial charge in [-0.25, -0.2) is 0 Å². The minimum atomic E-state index is -0.248. The lowest BCUT2D eigenvalue weighted by molar-refractivity contribution is -0.141. The number of hydrogen-bond donors (Lipinski definition) is 0. The summed E-state index contributed by atoms with van der Waals surface area (Å²) in [4.78, 5) is 16.8. The maximum atomic E-state index is 12.2. The van der Waals surface area contributed by atoms with Crippen molar-refractivity contribution >= 4 is 5.91 Å². The Labute approximate surface area is 117 Å². The van der Waals surface area contributed by atoms with E-state index in [0.29, 0.717) is 18.1 Å². The monoisotopic (exact) mass is 268 g/mol. The van der Waals surface area contributed by atoms with Crippen molar-refractivity contribution in [3.63, 3.8) is 0 Å². The number of rotatable bonds is 2. The van der Waals surface area contributed by atoms with E-state index in [0.717, 1.165) is 45.4 Å². The van der Waals surface area contributed by atoms with Crippen LogP contribution in [0.15, 0.2) is 0 Å². The summed E-state index contributed by atoms with van der Waals surface area (Å²) in [7, 11) is 1.80. The van der Waals surface area contributed by atoms with E-state index in [1.165, 1.54) is 0 Å². The molecule has 4 nitrogen and oxygen atoms in total. The molecular weight excluding hydrogens is 240 g/mol. The van der Waals surface area contributed by atoms with Gasteiger partial charge in [0.25, 0.3) is 0 Å². The molecule has 1 amide bonds. The highest BCUT2D eigenvalue weighted by molar-refractivity contribution is 5.81. The summed E-state index contributed by atoms with van der Waals surface area (Å²) in [6, 6.07) is 0.643. The Balaban J connectivity index is 1.81. The number of carbonyl (C=O) groups excluding carboxylic acids is 1. The zero-order valence-corrected chi connectivity index (χ0v) is 12.8. The molecule has 0 unspecified atom stereocenters. The van der Waals surface area contributed by atoms with Crippen LogP contribution >= 0.6 is 0 Å². The van der Waals surface area contributed by atoms with Crippen LogP contribution in [0.25, 0.3) is 0 Å². The van der Waals surface area contributed by atoms with Crippen LogP contribution in [0.4, 0.5) is 0 Å². The fraction of sp³-hybridized carbons (Fsp3) is 0.933. The third-order valence-corrected chi connectivity index (χ3v) is 4.42. The Bertz CT molecular complexity index is 317. The molecule has 2 fully saturated rings. The van der Waals surface area contributed by atoms with Crippen molar-refractivity contribution < 1.29 is 9.53 Å². The summed E-state index contributed by atoms with van der Waals surface area (Å²) in [5.41, 5.74) is -0.248. The van der Waals surface area contributed by atoms with E-state index in [4.69, 9.17) is 4.74 Å². The van der Waals surface area contributed by atoms with Gasteiger partial charge >= 0.3 is 0 Å². The quantitative estimate of drug-likeness (QED) is 0.765. The van der Waals surface area contributed by atoms with Crippen LogP contribution in [0.1, 0.15) is 40.0 Å². The molecule has 4 heteroatoms. The summed E-state index contributed by atoms with van der Waals surface area (Å²) >= 11 is 0. The van der Waals surface area contributed by atoms with E-state index in [-0.39, 0.29) is 5.41 Å². The second kappa shape index (κ2) is 5.80. The Morgan fingerprint density at radius 2 is 1.74 bits per heavy atom. The van der Waals surface area contributed by atoms with Crippen LogP contribution < -0.4 is 0 Å². The van der Waals surface area contributed by atoms with Gasteiger partial charge in [0.1, 0.15) is 0 Å². The fourth-order valence-corrected chi connectivity index (χ4v) is 3.19. The molecule has 2 rings (SSSR count). The van der Waals surface area contributed by atoms with Crippen molar-refractivity contribution in [2.24, 2.45) is 5.41 Å². The molecule has 2 aliphatic heterocycles. The number of ether oxygens (including phenoxy) is 1. The maximum absolute atomic E-state index is 12.2. The van der Waals surface area contributed by atoms with Crippen LogP contribution in [0.5, 0.6) is 0 Å². The number of likely N-dealkylation sites (tertiary alicyclic amines) is 2. The van der Waals surface area contributed by atoms with E-state index < -0.39 is 0 Å². The van der Waals surface area contributed by atoms with Crippen molar-refractivity contribution in [3.05, 3.63) is 0 Å². The molecule has 110 valence electrons. The minimum absolute atomic E-state index is 0.248. The second-order valence-corrected chi connectivity index (χ2v) is 6.91. The second-order valence-electron chi connectivity index (χ2n) is 6.91. The average molecular weight is 268 g/mol. The van der Waals surface area contributed by atoms with Gasteiger partial charge in [0, 0.05) is 44.7 Å². The van der Waals surface area contributed by atoms with Crippen molar-refractivity contribution in [3.8, 4) is 0 Å². The van der Waals surface area contributed by atoms with Crippen LogP contribution in [0.2, 0.25) is 0 Å². The first-order valence-corrected chi connectivity index (χ1v) is 7.48. The molecular formula is C15H28N2O2. The molecule has 0 spiro atoms. The third-order valence-electron chi connectivity index (χ3n) is 4.42. The molecule has 2 aliphatic rings. The molecule has 0 aromatic heterocycles. The highest BCUT2D eigenvalue weighted by Crippen LogP contribution is 2.25. The van der Waals surface area contributed by atoms with Gasteiger partial charge in [-0.2, -0.15) is 0 Å². The first-order chi connectivity index (χ1) is 8.91. The lowest BCUT2D eigenvalue weighted by Gasteiger charge is -2.39. The predicted molar refractivity (Wildman–Crippen MR) is 76.0 cm³/mol. The lowest BCUT2D eigenvalue weighted by Crippen LogP contribution is -2.49. The Hall–Kier alpha value is -0.610. The van der Waals surface area contributed by atoms with E-state index in [1.807, 2.05) is 25.7 Å². The van der Waals surface area contributed by atoms with Gasteiger partial charge in [-0.3, -0.25) is 9.69 Å². The summed E-state index contributed by atoms with van der Waals surface area (Å²) in [6.45, 7) is 10.1.